The third-order valence-electron chi connectivity index (χ3n) is 12.5. The Bertz CT molecular complexity index is 2320. The fourth-order valence-corrected chi connectivity index (χ4v) is 8.62. The molecule has 8 amide bonds. The van der Waals surface area contributed by atoms with Crippen LogP contribution < -0.4 is 47.1 Å². The third-order valence-corrected chi connectivity index (χ3v) is 12.5. The van der Waals surface area contributed by atoms with E-state index in [0.717, 1.165) is 52.4 Å². The number of amides is 8. The second-order valence-electron chi connectivity index (χ2n) is 17.2. The van der Waals surface area contributed by atoms with Crippen LogP contribution in [-0.4, -0.2) is 147 Å². The lowest BCUT2D eigenvalue weighted by atomic mass is 9.84. The molecule has 0 bridgehead atoms. The summed E-state index contributed by atoms with van der Waals surface area (Å²) in [6.07, 6.45) is -1.20. The van der Waals surface area contributed by atoms with Crippen molar-refractivity contribution in [2.75, 3.05) is 72.6 Å². The minimum absolute atomic E-state index is 0.162. The first-order chi connectivity index (χ1) is 32.7. The van der Waals surface area contributed by atoms with Gasteiger partial charge in [0.1, 0.15) is 23.9 Å². The fraction of sp³-hybridized carbons (Fsp3) is 0.458. The first-order valence-corrected chi connectivity index (χ1v) is 22.9. The van der Waals surface area contributed by atoms with E-state index in [0.29, 0.717) is 13.0 Å². The van der Waals surface area contributed by atoms with Gasteiger partial charge in [0, 0.05) is 84.1 Å². The largest absolute Gasteiger partial charge is 0.530 e. The fourth-order valence-electron chi connectivity index (χ4n) is 8.62. The number of rotatable bonds is 16. The number of hydrogen-bond donors (Lipinski definition) is 8. The zero-order chi connectivity index (χ0) is 48.8. The molecule has 68 heavy (non-hydrogen) atoms. The number of aliphatic hydroxyl groups excluding tert-OH is 1. The Morgan fingerprint density at radius 1 is 0.868 bits per heavy atom. The van der Waals surface area contributed by atoms with Crippen molar-refractivity contribution in [3.63, 3.8) is 0 Å². The second-order valence-corrected chi connectivity index (χ2v) is 17.2. The molecule has 0 aromatic heterocycles. The van der Waals surface area contributed by atoms with Crippen LogP contribution in [0, 0.1) is 5.41 Å². The van der Waals surface area contributed by atoms with Crippen LogP contribution in [0.2, 0.25) is 0 Å². The number of hydrogen-bond acceptors (Lipinski definition) is 12. The Kier molecular flexibility index (Phi) is 17.5. The molecule has 3 aromatic carbocycles. The zero-order valence-electron chi connectivity index (χ0n) is 38.3. The van der Waals surface area contributed by atoms with Crippen molar-refractivity contribution in [3.05, 3.63) is 89.0 Å². The molecule has 20 nitrogen and oxygen atoms in total. The van der Waals surface area contributed by atoms with Crippen LogP contribution in [0.1, 0.15) is 60.8 Å². The quantitative estimate of drug-likeness (QED) is 0.0611. The van der Waals surface area contributed by atoms with Gasteiger partial charge < -0.3 is 66.8 Å². The van der Waals surface area contributed by atoms with Gasteiger partial charge in [-0.1, -0.05) is 60.7 Å². The molecule has 3 aromatic rings. The third kappa shape index (κ3) is 12.5. The molecule has 3 atom stereocenters. The van der Waals surface area contributed by atoms with Crippen molar-refractivity contribution in [1.82, 2.24) is 47.0 Å². The Morgan fingerprint density at radius 3 is 2.26 bits per heavy atom. The summed E-state index contributed by atoms with van der Waals surface area (Å²) in [5.41, 5.74) is 3.66. The molecule has 6 rings (SSSR count). The van der Waals surface area contributed by atoms with Gasteiger partial charge in [0.2, 0.25) is 41.4 Å². The summed E-state index contributed by atoms with van der Waals surface area (Å²) < 4.78 is 6.04. The average Bonchev–Trinajstić information content (AvgIpc) is 3.64. The Balaban J connectivity index is 1.13. The number of carbonyl (C=O) groups excluding carboxylic acids is 8. The first kappa shape index (κ1) is 50.4. The van der Waals surface area contributed by atoms with Gasteiger partial charge in [-0.15, -0.1) is 0 Å². The van der Waals surface area contributed by atoms with Gasteiger partial charge in [-0.2, -0.15) is 0 Å². The van der Waals surface area contributed by atoms with Crippen molar-refractivity contribution < 1.29 is 53.3 Å². The van der Waals surface area contributed by atoms with Gasteiger partial charge in [0.15, 0.2) is 5.41 Å². The van der Waals surface area contributed by atoms with Crippen molar-refractivity contribution in [1.29, 1.82) is 0 Å². The lowest BCUT2D eigenvalue weighted by Crippen LogP contribution is -2.63. The normalized spacial score (nSPS) is 19.4. The SMILES string of the molecule is C[C@@H](C(=O)NCC1(C(=O)NCCC(=O)NCCCOc2cccc3c2CCN(C)C3)CNC(=O)CCNC(=O)[C@H](CO)NC(=O)CCNC1=O)N(CC1c2ccccc2-c2ccccc21)C(=O)[O-]. The van der Waals surface area contributed by atoms with E-state index >= 15 is 0 Å². The smallest absolute Gasteiger partial charge is 0.244 e. The summed E-state index contributed by atoms with van der Waals surface area (Å²) >= 11 is 0. The molecule has 0 saturated carbocycles. The number of carboxylic acid groups (broad SMARTS) is 1. The predicted molar refractivity (Wildman–Crippen MR) is 245 cm³/mol. The summed E-state index contributed by atoms with van der Waals surface area (Å²) in [5.74, 6) is -5.13. The van der Waals surface area contributed by atoms with Crippen LogP contribution >= 0.6 is 0 Å². The average molecular weight is 939 g/mol. The van der Waals surface area contributed by atoms with Gasteiger partial charge in [-0.05, 0) is 66.3 Å². The molecule has 0 radical (unpaired) electrons. The number of ether oxygens (including phenoxy) is 1. The maximum Gasteiger partial charge on any atom is 0.244 e. The number of fused-ring (bicyclic) bond motifs is 4. The maximum absolute atomic E-state index is 14.3. The molecule has 364 valence electrons. The maximum atomic E-state index is 14.3. The Labute approximate surface area is 394 Å². The molecule has 1 aliphatic carbocycles. The van der Waals surface area contributed by atoms with E-state index in [1.807, 2.05) is 60.7 Å². The Morgan fingerprint density at radius 2 is 1.56 bits per heavy atom. The van der Waals surface area contributed by atoms with Gasteiger partial charge in [-0.3, -0.25) is 33.6 Å². The van der Waals surface area contributed by atoms with Crippen molar-refractivity contribution in [2.24, 2.45) is 5.41 Å². The van der Waals surface area contributed by atoms with Gasteiger partial charge in [-0.25, -0.2) is 0 Å². The van der Waals surface area contributed by atoms with Crippen molar-refractivity contribution >= 4 is 47.4 Å². The summed E-state index contributed by atoms with van der Waals surface area (Å²) in [6, 6.07) is 18.3. The van der Waals surface area contributed by atoms with Crippen LogP contribution in [0.25, 0.3) is 11.1 Å². The van der Waals surface area contributed by atoms with E-state index < -0.39 is 97.0 Å². The minimum atomic E-state index is -2.33. The minimum Gasteiger partial charge on any atom is -0.530 e. The highest BCUT2D eigenvalue weighted by atomic mass is 16.5. The summed E-state index contributed by atoms with van der Waals surface area (Å²) in [5, 5.41) is 40.2. The van der Waals surface area contributed by atoms with Crippen LogP contribution in [-0.2, 0) is 46.5 Å². The molecule has 3 aliphatic rings. The molecule has 1 fully saturated rings. The molecular weight excluding hydrogens is 879 g/mol. The number of nitrogens with one attached hydrogen (secondary N) is 7. The molecule has 2 heterocycles. The lowest BCUT2D eigenvalue weighted by molar-refractivity contribution is -0.267. The second kappa shape index (κ2) is 23.6. The molecular formula is C48H60N9O11-. The van der Waals surface area contributed by atoms with Gasteiger partial charge >= 0.3 is 0 Å². The number of nitrogens with zero attached hydrogens (tertiary/aromatic N) is 2. The van der Waals surface area contributed by atoms with E-state index in [9.17, 15) is 48.6 Å². The first-order valence-electron chi connectivity index (χ1n) is 22.9. The molecule has 8 N–H and O–H groups in total. The van der Waals surface area contributed by atoms with Crippen molar-refractivity contribution in [2.45, 2.75) is 63.6 Å². The topological polar surface area (TPSA) is 280 Å². The standard InChI is InChI=1S/C48H61N9O11/c1-30(57(47(66)67)26-37-35-12-5-3-10-33(35)34-11-4-6-13-36(34)37)43(62)54-29-48(28-53-41(60)15-20-50-44(63)38(27-58)55-42(61)17-22-52-46(48)65)45(64)51-21-16-40(59)49-19-8-24-68-39-14-7-9-31-25-56(2)23-18-32(31)39/h3-7,9-14,30,37-38,58H,8,15-29H2,1-2H3,(H,49,59)(H,50,63)(H,51,64)(H,52,65)(H,53,60)(H,54,62)(H,55,61)(H,66,67)/p-1/t30-,38-,48?/m0/s1. The molecule has 0 spiro atoms. The number of carbonyl (C=O) groups is 8. The van der Waals surface area contributed by atoms with Crippen LogP contribution in [0.3, 0.4) is 0 Å². The molecule has 20 heteroatoms. The van der Waals surface area contributed by atoms with Gasteiger partial charge in [0.25, 0.3) is 0 Å². The summed E-state index contributed by atoms with van der Waals surface area (Å²) in [7, 11) is 2.07. The van der Waals surface area contributed by atoms with E-state index in [-0.39, 0.29) is 45.6 Å². The van der Waals surface area contributed by atoms with Crippen molar-refractivity contribution in [3.8, 4) is 16.9 Å². The Hall–Kier alpha value is -7.06. The van der Waals surface area contributed by atoms with Gasteiger partial charge in [0.05, 0.1) is 13.2 Å². The van der Waals surface area contributed by atoms with Crippen LogP contribution in [0.5, 0.6) is 5.75 Å². The molecule has 2 aliphatic heterocycles. The molecule has 1 unspecified atom stereocenters. The number of likely N-dealkylation sites (N-methyl/N-ethyl adjacent to an activating group) is 1. The number of aliphatic hydroxyl groups is 1. The van der Waals surface area contributed by atoms with E-state index in [2.05, 4.69) is 55.2 Å². The molecule has 1 saturated heterocycles. The van der Waals surface area contributed by atoms with Crippen LogP contribution in [0.15, 0.2) is 66.7 Å². The monoisotopic (exact) mass is 938 g/mol. The van der Waals surface area contributed by atoms with Crippen LogP contribution in [0.4, 0.5) is 4.79 Å². The van der Waals surface area contributed by atoms with E-state index in [1.165, 1.54) is 18.1 Å². The summed E-state index contributed by atoms with van der Waals surface area (Å²) in [6.45, 7) is 0.491. The lowest BCUT2D eigenvalue weighted by Gasteiger charge is -2.35. The van der Waals surface area contributed by atoms with E-state index in [1.54, 1.807) is 0 Å². The summed E-state index contributed by atoms with van der Waals surface area (Å²) in [4.78, 5) is 110. The number of benzene rings is 3. The highest BCUT2D eigenvalue weighted by Crippen LogP contribution is 2.45. The van der Waals surface area contributed by atoms with E-state index in [4.69, 9.17) is 4.74 Å². The highest BCUT2D eigenvalue weighted by molar-refractivity contribution is 6.07. The highest BCUT2D eigenvalue weighted by Gasteiger charge is 2.47. The predicted octanol–water partition coefficient (Wildman–Crippen LogP) is -1.37. The zero-order valence-corrected chi connectivity index (χ0v) is 38.3.